The van der Waals surface area contributed by atoms with Gasteiger partial charge >= 0.3 is 0 Å². The van der Waals surface area contributed by atoms with Gasteiger partial charge in [0.15, 0.2) is 5.11 Å². The summed E-state index contributed by atoms with van der Waals surface area (Å²) in [7, 11) is 1.68. The van der Waals surface area contributed by atoms with Gasteiger partial charge in [-0.1, -0.05) is 6.07 Å². The van der Waals surface area contributed by atoms with Crippen LogP contribution in [0.4, 0.5) is 11.4 Å². The lowest BCUT2D eigenvalue weighted by Gasteiger charge is -2.29. The summed E-state index contributed by atoms with van der Waals surface area (Å²) in [5.74, 6) is 0.813. The lowest BCUT2D eigenvalue weighted by Crippen LogP contribution is -2.36. The summed E-state index contributed by atoms with van der Waals surface area (Å²) in [5.41, 5.74) is 7.92. The van der Waals surface area contributed by atoms with E-state index in [0.717, 1.165) is 49.1 Å². The molecular formula is C31H33N5O2S. The van der Waals surface area contributed by atoms with Crippen LogP contribution in [-0.4, -0.2) is 48.1 Å². The number of methoxy groups -OCH3 is 1. The molecule has 0 radical (unpaired) electrons. The smallest absolute Gasteiger partial charge is 0.174 e. The van der Waals surface area contributed by atoms with Crippen molar-refractivity contribution in [3.63, 3.8) is 0 Å². The number of thiocarbonyl (C=S) groups is 1. The van der Waals surface area contributed by atoms with E-state index in [4.69, 9.17) is 26.7 Å². The fourth-order valence-electron chi connectivity index (χ4n) is 5.81. The Kier molecular flexibility index (Phi) is 6.97. The van der Waals surface area contributed by atoms with Gasteiger partial charge in [-0.25, -0.2) is 0 Å². The summed E-state index contributed by atoms with van der Waals surface area (Å²) in [6.45, 7) is 7.77. The summed E-state index contributed by atoms with van der Waals surface area (Å²) in [6.07, 6.45) is 1.84. The topological polar surface area (TPSA) is 54.8 Å². The van der Waals surface area contributed by atoms with Crippen molar-refractivity contribution in [1.29, 1.82) is 0 Å². The maximum atomic E-state index is 5.93. The van der Waals surface area contributed by atoms with E-state index >= 15 is 0 Å². The zero-order valence-electron chi connectivity index (χ0n) is 22.5. The number of rotatable bonds is 6. The maximum Gasteiger partial charge on any atom is 0.174 e. The van der Waals surface area contributed by atoms with E-state index in [1.54, 1.807) is 7.11 Å². The number of pyridine rings is 1. The summed E-state index contributed by atoms with van der Waals surface area (Å²) >= 11 is 5.93. The number of hydrogen-bond acceptors (Lipinski definition) is 5. The largest absolute Gasteiger partial charge is 0.497 e. The number of hydrogen-bond donors (Lipinski definition) is 1. The minimum absolute atomic E-state index is 0.0756. The number of benzene rings is 2. The highest BCUT2D eigenvalue weighted by atomic mass is 32.1. The molecule has 2 aliphatic heterocycles. The molecular weight excluding hydrogens is 506 g/mol. The summed E-state index contributed by atoms with van der Waals surface area (Å²) in [4.78, 5) is 9.30. The Balaban J connectivity index is 1.41. The van der Waals surface area contributed by atoms with Gasteiger partial charge in [0.25, 0.3) is 0 Å². The second kappa shape index (κ2) is 10.7. The van der Waals surface area contributed by atoms with Gasteiger partial charge < -0.3 is 29.2 Å². The first-order chi connectivity index (χ1) is 19.0. The molecule has 4 aromatic rings. The minimum Gasteiger partial charge on any atom is -0.497 e. The zero-order chi connectivity index (χ0) is 26.9. The Morgan fingerprint density at radius 2 is 1.62 bits per heavy atom. The third-order valence-corrected chi connectivity index (χ3v) is 8.04. The SMILES string of the molecule is COc1ccc(N2C(=S)N[C@@H](c3ccccn3)[C@H]2c2cc(C)n(-c3ccc(N4CCOCC4)cc3)c2C)cc1. The van der Waals surface area contributed by atoms with Gasteiger partial charge in [0.05, 0.1) is 38.1 Å². The van der Waals surface area contributed by atoms with Gasteiger partial charge in [-0.3, -0.25) is 4.98 Å². The van der Waals surface area contributed by atoms with E-state index in [2.05, 4.69) is 82.1 Å². The van der Waals surface area contributed by atoms with E-state index < -0.39 is 0 Å². The van der Waals surface area contributed by atoms with Gasteiger partial charge in [-0.2, -0.15) is 0 Å². The molecule has 0 spiro atoms. The van der Waals surface area contributed by atoms with E-state index in [-0.39, 0.29) is 12.1 Å². The van der Waals surface area contributed by atoms with Crippen molar-refractivity contribution in [3.05, 3.63) is 102 Å². The second-order valence-electron chi connectivity index (χ2n) is 9.97. The van der Waals surface area contributed by atoms with E-state index in [1.807, 2.05) is 30.5 Å². The van der Waals surface area contributed by atoms with Gasteiger partial charge in [0, 0.05) is 47.7 Å². The highest BCUT2D eigenvalue weighted by Gasteiger charge is 2.42. The number of ether oxygens (including phenoxy) is 2. The van der Waals surface area contributed by atoms with Gasteiger partial charge in [-0.15, -0.1) is 0 Å². The third-order valence-electron chi connectivity index (χ3n) is 7.72. The number of aryl methyl sites for hydroxylation is 1. The Bertz CT molecular complexity index is 1450. The fraction of sp³-hybridized carbons (Fsp3) is 0.290. The van der Waals surface area contributed by atoms with Crippen molar-refractivity contribution in [2.45, 2.75) is 25.9 Å². The first kappa shape index (κ1) is 25.4. The molecule has 2 aromatic carbocycles. The predicted octanol–water partition coefficient (Wildman–Crippen LogP) is 5.51. The summed E-state index contributed by atoms with van der Waals surface area (Å²) in [6, 6.07) is 25.1. The first-order valence-electron chi connectivity index (χ1n) is 13.3. The first-order valence-corrected chi connectivity index (χ1v) is 13.7. The van der Waals surface area contributed by atoms with Crippen LogP contribution in [0.1, 0.15) is 34.7 Å². The standard InChI is InChI=1S/C31H33N5O2S/c1-21-20-27(22(2)35(21)24-9-7-23(8-10-24)34-16-18-38-19-17-34)30-29(28-6-4-5-15-32-28)33-31(39)36(30)25-11-13-26(37-3)14-12-25/h4-15,20,29-30H,16-19H2,1-3H3,(H,33,39)/t29-,30+/m0/s1. The van der Waals surface area contributed by atoms with Crippen molar-refractivity contribution < 1.29 is 9.47 Å². The molecule has 0 unspecified atom stereocenters. The second-order valence-corrected chi connectivity index (χ2v) is 10.4. The average molecular weight is 540 g/mol. The van der Waals surface area contributed by atoms with Gasteiger partial charge in [0.2, 0.25) is 0 Å². The van der Waals surface area contributed by atoms with Gasteiger partial charge in [0.1, 0.15) is 5.75 Å². The molecule has 200 valence electrons. The van der Waals surface area contributed by atoms with Crippen LogP contribution in [0.25, 0.3) is 5.69 Å². The van der Waals surface area contributed by atoms with E-state index in [1.165, 1.54) is 22.6 Å². The summed E-state index contributed by atoms with van der Waals surface area (Å²) in [5, 5.41) is 4.26. The van der Waals surface area contributed by atoms with Crippen LogP contribution in [0.2, 0.25) is 0 Å². The van der Waals surface area contributed by atoms with Crippen molar-refractivity contribution in [3.8, 4) is 11.4 Å². The molecule has 2 saturated heterocycles. The normalized spacial score (nSPS) is 19.3. The van der Waals surface area contributed by atoms with E-state index in [9.17, 15) is 0 Å². The average Bonchev–Trinajstić information content (AvgIpc) is 3.48. The number of anilines is 2. The molecule has 39 heavy (non-hydrogen) atoms. The molecule has 0 saturated carbocycles. The Morgan fingerprint density at radius 1 is 0.923 bits per heavy atom. The van der Waals surface area contributed by atoms with Crippen molar-refractivity contribution in [1.82, 2.24) is 14.9 Å². The van der Waals surface area contributed by atoms with Gasteiger partial charge in [-0.05, 0) is 98.4 Å². The third kappa shape index (κ3) is 4.75. The minimum atomic E-state index is -0.0987. The van der Waals surface area contributed by atoms with Crippen LogP contribution < -0.4 is 19.9 Å². The van der Waals surface area contributed by atoms with Crippen molar-refractivity contribution >= 4 is 28.7 Å². The molecule has 1 N–H and O–H groups in total. The zero-order valence-corrected chi connectivity index (χ0v) is 23.3. The van der Waals surface area contributed by atoms with Crippen LogP contribution in [-0.2, 0) is 4.74 Å². The highest BCUT2D eigenvalue weighted by molar-refractivity contribution is 7.80. The number of nitrogens with one attached hydrogen (secondary N) is 1. The summed E-state index contributed by atoms with van der Waals surface area (Å²) < 4.78 is 13.3. The fourth-order valence-corrected chi connectivity index (χ4v) is 6.16. The lowest BCUT2D eigenvalue weighted by atomic mass is 9.96. The van der Waals surface area contributed by atoms with Crippen molar-refractivity contribution in [2.24, 2.45) is 0 Å². The molecule has 2 atom stereocenters. The lowest BCUT2D eigenvalue weighted by molar-refractivity contribution is 0.122. The Hall–Kier alpha value is -3.88. The molecule has 4 heterocycles. The van der Waals surface area contributed by atoms with Crippen LogP contribution in [0, 0.1) is 13.8 Å². The molecule has 6 rings (SSSR count). The molecule has 7 nitrogen and oxygen atoms in total. The molecule has 0 aliphatic carbocycles. The van der Waals surface area contributed by atoms with Crippen LogP contribution in [0.3, 0.4) is 0 Å². The number of aromatic nitrogens is 2. The molecule has 2 aliphatic rings. The van der Waals surface area contributed by atoms with Crippen LogP contribution in [0.5, 0.6) is 5.75 Å². The molecule has 8 heteroatoms. The maximum absolute atomic E-state index is 5.93. The van der Waals surface area contributed by atoms with Crippen molar-refractivity contribution in [2.75, 3.05) is 43.2 Å². The quantitative estimate of drug-likeness (QED) is 0.324. The monoisotopic (exact) mass is 539 g/mol. The Morgan fingerprint density at radius 3 is 2.28 bits per heavy atom. The highest BCUT2D eigenvalue weighted by Crippen LogP contribution is 2.44. The number of morpholine rings is 1. The predicted molar refractivity (Wildman–Crippen MR) is 159 cm³/mol. The Labute approximate surface area is 235 Å². The molecule has 2 fully saturated rings. The molecule has 0 bridgehead atoms. The van der Waals surface area contributed by atoms with Crippen LogP contribution in [0.15, 0.2) is 79.0 Å². The molecule has 0 amide bonds. The molecule has 2 aromatic heterocycles. The number of nitrogens with zero attached hydrogens (tertiary/aromatic N) is 4. The van der Waals surface area contributed by atoms with E-state index in [0.29, 0.717) is 5.11 Å². The van der Waals surface area contributed by atoms with Crippen LogP contribution >= 0.6 is 12.2 Å².